The molecule has 28 heavy (non-hydrogen) atoms. The molecule has 0 aromatic heterocycles. The van der Waals surface area contributed by atoms with Crippen LogP contribution in [0.1, 0.15) is 117 Å². The number of carbonyl (C=O) groups is 2. The van der Waals surface area contributed by atoms with Crippen molar-refractivity contribution in [1.29, 1.82) is 0 Å². The number of carbonyl (C=O) groups excluding carboxylic acids is 1. The van der Waals surface area contributed by atoms with Gasteiger partial charge in [0.25, 0.3) is 0 Å². The van der Waals surface area contributed by atoms with Gasteiger partial charge in [-0.05, 0) is 31.7 Å². The molecule has 0 saturated carbocycles. The highest BCUT2D eigenvalue weighted by atomic mass is 16.4. The molecule has 0 fully saturated rings. The second-order valence-corrected chi connectivity index (χ2v) is 8.56. The van der Waals surface area contributed by atoms with Crippen LogP contribution in [0.15, 0.2) is 0 Å². The maximum Gasteiger partial charge on any atom is 0.326 e. The first-order chi connectivity index (χ1) is 13.5. The van der Waals surface area contributed by atoms with Crippen molar-refractivity contribution in [3.8, 4) is 0 Å². The van der Waals surface area contributed by atoms with Crippen LogP contribution in [-0.2, 0) is 9.59 Å². The van der Waals surface area contributed by atoms with Gasteiger partial charge in [0.1, 0.15) is 6.04 Å². The number of carboxylic acid groups (broad SMARTS) is 1. The minimum absolute atomic E-state index is 0.155. The minimum Gasteiger partial charge on any atom is -0.480 e. The van der Waals surface area contributed by atoms with Gasteiger partial charge in [0.2, 0.25) is 5.91 Å². The fourth-order valence-electron chi connectivity index (χ4n) is 3.45. The predicted octanol–water partition coefficient (Wildman–Crippen LogP) is 5.41. The van der Waals surface area contributed by atoms with Gasteiger partial charge >= 0.3 is 5.97 Å². The van der Waals surface area contributed by atoms with Gasteiger partial charge in [0.15, 0.2) is 0 Å². The summed E-state index contributed by atoms with van der Waals surface area (Å²) >= 11 is 0. The van der Waals surface area contributed by atoms with Gasteiger partial charge in [-0.25, -0.2) is 4.79 Å². The molecule has 0 aliphatic heterocycles. The average molecular weight is 399 g/mol. The van der Waals surface area contributed by atoms with Crippen LogP contribution in [0.4, 0.5) is 0 Å². The fraction of sp³-hybridized carbons (Fsp3) is 0.913. The standard InChI is InChI=1S/C23H46N2O3/c1-20(2)16-13-11-9-7-5-3-4-6-8-10-12-14-18-22(26)25-21(23(27)28)17-15-19-24/h20-21H,3-19,24H2,1-2H3,(H,25,26)(H,27,28)/t21-/m1/s1. The van der Waals surface area contributed by atoms with Crippen LogP contribution >= 0.6 is 0 Å². The highest BCUT2D eigenvalue weighted by Crippen LogP contribution is 2.14. The SMILES string of the molecule is CC(C)CCCCCCCCCCCCCCC(=O)N[C@H](CCCN)C(=O)O. The summed E-state index contributed by atoms with van der Waals surface area (Å²) in [6, 6.07) is -0.800. The van der Waals surface area contributed by atoms with Crippen LogP contribution in [-0.4, -0.2) is 29.6 Å². The largest absolute Gasteiger partial charge is 0.480 e. The molecule has 166 valence electrons. The van der Waals surface area contributed by atoms with E-state index in [4.69, 9.17) is 10.8 Å². The summed E-state index contributed by atoms with van der Waals surface area (Å²) in [4.78, 5) is 22.9. The van der Waals surface area contributed by atoms with E-state index in [1.807, 2.05) is 0 Å². The Morgan fingerprint density at radius 2 is 1.21 bits per heavy atom. The molecule has 5 nitrogen and oxygen atoms in total. The van der Waals surface area contributed by atoms with Crippen LogP contribution < -0.4 is 11.1 Å². The minimum atomic E-state index is -0.975. The van der Waals surface area contributed by atoms with Crippen LogP contribution in [0.3, 0.4) is 0 Å². The average Bonchev–Trinajstić information content (AvgIpc) is 2.64. The Morgan fingerprint density at radius 3 is 1.64 bits per heavy atom. The Balaban J connectivity index is 3.40. The summed E-state index contributed by atoms with van der Waals surface area (Å²) in [6.45, 7) is 5.04. The van der Waals surface area contributed by atoms with Crippen molar-refractivity contribution < 1.29 is 14.7 Å². The molecule has 0 heterocycles. The van der Waals surface area contributed by atoms with Gasteiger partial charge in [0.05, 0.1) is 0 Å². The van der Waals surface area contributed by atoms with E-state index in [2.05, 4.69) is 19.2 Å². The van der Waals surface area contributed by atoms with Crippen molar-refractivity contribution in [3.63, 3.8) is 0 Å². The van der Waals surface area contributed by atoms with Gasteiger partial charge in [-0.1, -0.05) is 90.9 Å². The number of hydrogen-bond acceptors (Lipinski definition) is 3. The molecule has 1 amide bonds. The molecule has 0 unspecified atom stereocenters. The summed E-state index contributed by atoms with van der Waals surface area (Å²) in [5.41, 5.74) is 5.40. The third-order valence-corrected chi connectivity index (χ3v) is 5.27. The van der Waals surface area contributed by atoms with E-state index in [-0.39, 0.29) is 5.91 Å². The third kappa shape index (κ3) is 18.3. The molecule has 0 bridgehead atoms. The number of unbranched alkanes of at least 4 members (excludes halogenated alkanes) is 11. The van der Waals surface area contributed by atoms with E-state index >= 15 is 0 Å². The summed E-state index contributed by atoms with van der Waals surface area (Å²) in [6.07, 6.45) is 18.0. The molecule has 4 N–H and O–H groups in total. The van der Waals surface area contributed by atoms with E-state index < -0.39 is 12.0 Å². The third-order valence-electron chi connectivity index (χ3n) is 5.27. The van der Waals surface area contributed by atoms with E-state index in [1.54, 1.807) is 0 Å². The molecule has 0 saturated heterocycles. The predicted molar refractivity (Wildman–Crippen MR) is 117 cm³/mol. The van der Waals surface area contributed by atoms with Crippen molar-refractivity contribution in [1.82, 2.24) is 5.32 Å². The van der Waals surface area contributed by atoms with Crippen molar-refractivity contribution in [2.45, 2.75) is 123 Å². The van der Waals surface area contributed by atoms with Crippen molar-refractivity contribution in [2.75, 3.05) is 6.54 Å². The van der Waals surface area contributed by atoms with Gasteiger partial charge in [-0.2, -0.15) is 0 Å². The normalized spacial score (nSPS) is 12.3. The molecule has 0 aliphatic rings. The second kappa shape index (κ2) is 19.2. The number of rotatable bonds is 20. The Morgan fingerprint density at radius 1 is 0.750 bits per heavy atom. The number of hydrogen-bond donors (Lipinski definition) is 3. The molecule has 0 rings (SSSR count). The summed E-state index contributed by atoms with van der Waals surface area (Å²) in [7, 11) is 0. The van der Waals surface area contributed by atoms with Gasteiger partial charge in [-0.3, -0.25) is 4.79 Å². The maximum absolute atomic E-state index is 11.8. The second-order valence-electron chi connectivity index (χ2n) is 8.56. The van der Waals surface area contributed by atoms with E-state index in [9.17, 15) is 9.59 Å². The number of amides is 1. The fourth-order valence-corrected chi connectivity index (χ4v) is 3.45. The van der Waals surface area contributed by atoms with Crippen LogP contribution in [0.5, 0.6) is 0 Å². The lowest BCUT2D eigenvalue weighted by molar-refractivity contribution is -0.142. The van der Waals surface area contributed by atoms with Crippen molar-refractivity contribution in [2.24, 2.45) is 11.7 Å². The quantitative estimate of drug-likeness (QED) is 0.239. The Hall–Kier alpha value is -1.10. The first-order valence-corrected chi connectivity index (χ1v) is 11.7. The topological polar surface area (TPSA) is 92.4 Å². The van der Waals surface area contributed by atoms with E-state index in [0.29, 0.717) is 25.8 Å². The maximum atomic E-state index is 11.8. The highest BCUT2D eigenvalue weighted by Gasteiger charge is 2.18. The zero-order valence-corrected chi connectivity index (χ0v) is 18.5. The highest BCUT2D eigenvalue weighted by molar-refractivity contribution is 5.83. The number of nitrogens with one attached hydrogen (secondary N) is 1. The summed E-state index contributed by atoms with van der Waals surface area (Å²) in [5.74, 6) is -0.285. The molecule has 0 radical (unpaired) electrons. The van der Waals surface area contributed by atoms with Gasteiger partial charge in [0, 0.05) is 6.42 Å². The lowest BCUT2D eigenvalue weighted by Crippen LogP contribution is -2.40. The van der Waals surface area contributed by atoms with Crippen LogP contribution in [0.2, 0.25) is 0 Å². The molecule has 5 heteroatoms. The monoisotopic (exact) mass is 398 g/mol. The molecule has 0 aromatic rings. The molecule has 0 aromatic carbocycles. The van der Waals surface area contributed by atoms with Crippen LogP contribution in [0, 0.1) is 5.92 Å². The van der Waals surface area contributed by atoms with Crippen LogP contribution in [0.25, 0.3) is 0 Å². The summed E-state index contributed by atoms with van der Waals surface area (Å²) < 4.78 is 0. The van der Waals surface area contributed by atoms with Crippen molar-refractivity contribution in [3.05, 3.63) is 0 Å². The zero-order valence-electron chi connectivity index (χ0n) is 18.5. The molecular weight excluding hydrogens is 352 g/mol. The number of aliphatic carboxylic acids is 1. The lowest BCUT2D eigenvalue weighted by atomic mass is 10.0. The van der Waals surface area contributed by atoms with Gasteiger partial charge in [-0.15, -0.1) is 0 Å². The van der Waals surface area contributed by atoms with E-state index in [1.165, 1.54) is 64.2 Å². The number of nitrogens with two attached hydrogens (primary N) is 1. The molecule has 1 atom stereocenters. The Labute approximate surface area is 173 Å². The summed E-state index contributed by atoms with van der Waals surface area (Å²) in [5, 5.41) is 11.7. The zero-order chi connectivity index (χ0) is 21.0. The Kier molecular flexibility index (Phi) is 18.5. The molecule has 0 aliphatic carbocycles. The van der Waals surface area contributed by atoms with E-state index in [0.717, 1.165) is 25.2 Å². The Bertz CT molecular complexity index is 386. The smallest absolute Gasteiger partial charge is 0.326 e. The van der Waals surface area contributed by atoms with Gasteiger partial charge < -0.3 is 16.2 Å². The molecule has 0 spiro atoms. The first-order valence-electron chi connectivity index (χ1n) is 11.7. The lowest BCUT2D eigenvalue weighted by Gasteiger charge is -2.13. The molecular formula is C23H46N2O3. The van der Waals surface area contributed by atoms with Crippen molar-refractivity contribution >= 4 is 11.9 Å². The number of carboxylic acids is 1. The first kappa shape index (κ1) is 26.9.